The number of rotatable bonds is 10. The van der Waals surface area contributed by atoms with E-state index >= 15 is 0 Å². The maximum Gasteiger partial charge on any atom is 0.326 e. The summed E-state index contributed by atoms with van der Waals surface area (Å²) >= 11 is 1.36. The van der Waals surface area contributed by atoms with E-state index in [9.17, 15) is 19.5 Å². The van der Waals surface area contributed by atoms with Crippen LogP contribution in [-0.2, 0) is 16.0 Å². The number of carboxylic acid groups (broad SMARTS) is 2. The third-order valence-electron chi connectivity index (χ3n) is 4.19. The molecule has 9 heteroatoms. The molecule has 29 heavy (non-hydrogen) atoms. The van der Waals surface area contributed by atoms with E-state index in [-0.39, 0.29) is 25.3 Å². The van der Waals surface area contributed by atoms with E-state index in [4.69, 9.17) is 5.11 Å². The molecule has 1 aromatic heterocycles. The van der Waals surface area contributed by atoms with Gasteiger partial charge in [0.25, 0.3) is 0 Å². The summed E-state index contributed by atoms with van der Waals surface area (Å²) in [6, 6.07) is 7.56. The molecule has 1 aromatic carbocycles. The Balaban J connectivity index is 2.04. The van der Waals surface area contributed by atoms with Gasteiger partial charge in [0.15, 0.2) is 0 Å². The van der Waals surface area contributed by atoms with Crippen molar-refractivity contribution in [1.29, 1.82) is 0 Å². The smallest absolute Gasteiger partial charge is 0.326 e. The number of urea groups is 1. The van der Waals surface area contributed by atoms with Crippen molar-refractivity contribution < 1.29 is 24.6 Å². The van der Waals surface area contributed by atoms with Gasteiger partial charge in [-0.2, -0.15) is 4.37 Å². The number of carbonyl (C=O) groups excluding carboxylic acids is 1. The highest BCUT2D eigenvalue weighted by Crippen LogP contribution is 2.19. The standard InChI is InChI=1S/C20H25N3O5S/c1-13(2)12-23(9-7-18(24)25)20(28)21-17(19(26)27)11-14-3-5-15(6-4-14)16-8-10-29-22-16/h3-6,8,10,13,17H,7,9,11-12H2,1-2H3,(H,21,28)(H,24,25)(H,26,27)/t17-/m0/s1. The lowest BCUT2D eigenvalue weighted by molar-refractivity contribution is -0.139. The van der Waals surface area contributed by atoms with Crippen molar-refractivity contribution in [3.63, 3.8) is 0 Å². The van der Waals surface area contributed by atoms with Crippen molar-refractivity contribution in [3.05, 3.63) is 41.3 Å². The van der Waals surface area contributed by atoms with Crippen molar-refractivity contribution in [3.8, 4) is 11.3 Å². The van der Waals surface area contributed by atoms with Crippen molar-refractivity contribution in [2.45, 2.75) is 32.7 Å². The van der Waals surface area contributed by atoms with Gasteiger partial charge in [-0.25, -0.2) is 9.59 Å². The van der Waals surface area contributed by atoms with Gasteiger partial charge in [0.05, 0.1) is 12.1 Å². The monoisotopic (exact) mass is 419 g/mol. The minimum atomic E-state index is -1.15. The third kappa shape index (κ3) is 7.19. The van der Waals surface area contributed by atoms with Crippen LogP contribution in [0.1, 0.15) is 25.8 Å². The van der Waals surface area contributed by atoms with Crippen molar-refractivity contribution in [2.75, 3.05) is 13.1 Å². The van der Waals surface area contributed by atoms with Gasteiger partial charge in [0.1, 0.15) is 6.04 Å². The molecular formula is C20H25N3O5S. The number of carboxylic acids is 2. The first-order valence-corrected chi connectivity index (χ1v) is 10.1. The molecule has 0 aliphatic carbocycles. The van der Waals surface area contributed by atoms with Crippen LogP contribution in [0.4, 0.5) is 4.79 Å². The molecule has 0 aliphatic heterocycles. The predicted molar refractivity (Wildman–Crippen MR) is 110 cm³/mol. The summed E-state index contributed by atoms with van der Waals surface area (Å²) in [6.45, 7) is 4.17. The summed E-state index contributed by atoms with van der Waals surface area (Å²) in [7, 11) is 0. The predicted octanol–water partition coefficient (Wildman–Crippen LogP) is 2.95. The topological polar surface area (TPSA) is 120 Å². The second-order valence-corrected chi connectivity index (χ2v) is 7.78. The molecule has 0 radical (unpaired) electrons. The number of benzene rings is 1. The Morgan fingerprint density at radius 1 is 1.14 bits per heavy atom. The highest BCUT2D eigenvalue weighted by atomic mass is 32.1. The van der Waals surface area contributed by atoms with Crippen LogP contribution in [-0.4, -0.2) is 56.6 Å². The minimum Gasteiger partial charge on any atom is -0.481 e. The molecule has 0 unspecified atom stereocenters. The van der Waals surface area contributed by atoms with Gasteiger partial charge in [-0.15, -0.1) is 0 Å². The molecule has 8 nitrogen and oxygen atoms in total. The van der Waals surface area contributed by atoms with E-state index in [0.717, 1.165) is 16.8 Å². The van der Waals surface area contributed by atoms with Gasteiger partial charge in [0.2, 0.25) is 0 Å². The van der Waals surface area contributed by atoms with Gasteiger partial charge in [-0.1, -0.05) is 38.1 Å². The molecule has 0 fully saturated rings. The molecule has 3 N–H and O–H groups in total. The largest absolute Gasteiger partial charge is 0.481 e. The second kappa shape index (κ2) is 10.6. The van der Waals surface area contributed by atoms with Crippen LogP contribution < -0.4 is 5.32 Å². The molecule has 0 saturated heterocycles. The van der Waals surface area contributed by atoms with E-state index in [2.05, 4.69) is 9.69 Å². The molecule has 2 rings (SSSR count). The Labute approximate surface area is 173 Å². The minimum absolute atomic E-state index is 0.0218. The number of nitrogens with zero attached hydrogens (tertiary/aromatic N) is 2. The molecular weight excluding hydrogens is 394 g/mol. The van der Waals surface area contributed by atoms with Crippen molar-refractivity contribution in [1.82, 2.24) is 14.6 Å². The zero-order valence-corrected chi connectivity index (χ0v) is 17.2. The van der Waals surface area contributed by atoms with E-state index in [0.29, 0.717) is 6.54 Å². The summed E-state index contributed by atoms with van der Waals surface area (Å²) in [6.07, 6.45) is -0.0805. The van der Waals surface area contributed by atoms with E-state index in [1.807, 2.05) is 49.6 Å². The van der Waals surface area contributed by atoms with E-state index in [1.54, 1.807) is 0 Å². The quantitative estimate of drug-likeness (QED) is 0.545. The van der Waals surface area contributed by atoms with Crippen LogP contribution >= 0.6 is 11.5 Å². The fourth-order valence-electron chi connectivity index (χ4n) is 2.80. The second-order valence-electron chi connectivity index (χ2n) is 7.11. The number of aromatic nitrogens is 1. The average Bonchev–Trinajstić information content (AvgIpc) is 3.19. The maximum absolute atomic E-state index is 12.6. The van der Waals surface area contributed by atoms with Crippen LogP contribution in [0.5, 0.6) is 0 Å². The molecule has 0 aliphatic rings. The highest BCUT2D eigenvalue weighted by Gasteiger charge is 2.24. The van der Waals surface area contributed by atoms with Gasteiger partial charge >= 0.3 is 18.0 Å². The maximum atomic E-state index is 12.6. The molecule has 156 valence electrons. The van der Waals surface area contributed by atoms with Crippen molar-refractivity contribution in [2.24, 2.45) is 5.92 Å². The summed E-state index contributed by atoms with van der Waals surface area (Å²) in [5, 5.41) is 22.8. The fraction of sp³-hybridized carbons (Fsp3) is 0.400. The number of carbonyl (C=O) groups is 3. The lowest BCUT2D eigenvalue weighted by atomic mass is 10.0. The number of hydrogen-bond acceptors (Lipinski definition) is 5. The molecule has 0 bridgehead atoms. The molecule has 0 spiro atoms. The van der Waals surface area contributed by atoms with Gasteiger partial charge in [-0.05, 0) is 29.1 Å². The van der Waals surface area contributed by atoms with Gasteiger partial charge in [-0.3, -0.25) is 4.79 Å². The number of hydrogen-bond donors (Lipinski definition) is 3. The summed E-state index contributed by atoms with van der Waals surface area (Å²) in [5.74, 6) is -2.04. The van der Waals surface area contributed by atoms with Gasteiger partial charge in [0, 0.05) is 30.5 Å². The van der Waals surface area contributed by atoms with E-state index < -0.39 is 24.0 Å². The molecule has 2 amide bonds. The number of amides is 2. The average molecular weight is 420 g/mol. The Morgan fingerprint density at radius 3 is 2.34 bits per heavy atom. The molecule has 1 heterocycles. The number of aliphatic carboxylic acids is 2. The first kappa shape index (κ1) is 22.4. The molecule has 0 saturated carbocycles. The lowest BCUT2D eigenvalue weighted by Crippen LogP contribution is -2.50. The Morgan fingerprint density at radius 2 is 1.83 bits per heavy atom. The zero-order valence-electron chi connectivity index (χ0n) is 16.4. The van der Waals surface area contributed by atoms with Crippen LogP contribution in [0.3, 0.4) is 0 Å². The summed E-state index contributed by atoms with van der Waals surface area (Å²) in [5.41, 5.74) is 2.55. The fourth-order valence-corrected chi connectivity index (χ4v) is 3.33. The van der Waals surface area contributed by atoms with Crippen LogP contribution in [0.2, 0.25) is 0 Å². The number of nitrogens with one attached hydrogen (secondary N) is 1. The van der Waals surface area contributed by atoms with Gasteiger partial charge < -0.3 is 20.4 Å². The third-order valence-corrected chi connectivity index (χ3v) is 4.75. The van der Waals surface area contributed by atoms with Crippen LogP contribution in [0.15, 0.2) is 35.7 Å². The van der Waals surface area contributed by atoms with Crippen molar-refractivity contribution >= 4 is 29.5 Å². The summed E-state index contributed by atoms with van der Waals surface area (Å²) < 4.78 is 4.26. The zero-order chi connectivity index (χ0) is 21.4. The first-order valence-electron chi connectivity index (χ1n) is 9.26. The summed E-state index contributed by atoms with van der Waals surface area (Å²) in [4.78, 5) is 36.4. The lowest BCUT2D eigenvalue weighted by Gasteiger charge is -2.26. The molecule has 1 atom stereocenters. The Kier molecular flexibility index (Phi) is 8.14. The van der Waals surface area contributed by atoms with Crippen LogP contribution in [0.25, 0.3) is 11.3 Å². The highest BCUT2D eigenvalue weighted by molar-refractivity contribution is 7.03. The molecule has 2 aromatic rings. The van der Waals surface area contributed by atoms with Crippen LogP contribution in [0, 0.1) is 5.92 Å². The van der Waals surface area contributed by atoms with E-state index in [1.165, 1.54) is 16.4 Å². The Bertz CT molecular complexity index is 821. The Hall–Kier alpha value is -2.94. The first-order chi connectivity index (χ1) is 13.8. The SMILES string of the molecule is CC(C)CN(CCC(=O)O)C(=O)N[C@@H](Cc1ccc(-c2ccsn2)cc1)C(=O)O. The normalized spacial score (nSPS) is 11.8.